The Labute approximate surface area is 88.9 Å². The molecule has 0 aliphatic heterocycles. The molecule has 0 bridgehead atoms. The molecule has 5 nitrogen and oxygen atoms in total. The van der Waals surface area contributed by atoms with E-state index in [0.29, 0.717) is 24.4 Å². The Morgan fingerprint density at radius 1 is 1.67 bits per heavy atom. The Morgan fingerprint density at radius 2 is 2.40 bits per heavy atom. The van der Waals surface area contributed by atoms with E-state index in [9.17, 15) is 4.79 Å². The molecular formula is C10H15N3O2. The molecule has 0 aliphatic carbocycles. The van der Waals surface area contributed by atoms with Crippen molar-refractivity contribution in [3.05, 3.63) is 24.0 Å². The average Bonchev–Trinajstić information content (AvgIpc) is 2.28. The summed E-state index contributed by atoms with van der Waals surface area (Å²) in [6.07, 6.45) is 3.08. The van der Waals surface area contributed by atoms with E-state index >= 15 is 0 Å². The van der Waals surface area contributed by atoms with Gasteiger partial charge in [0, 0.05) is 26.3 Å². The monoisotopic (exact) mass is 209 g/mol. The summed E-state index contributed by atoms with van der Waals surface area (Å²) in [7, 11) is 3.21. The van der Waals surface area contributed by atoms with Crippen LogP contribution in [0.1, 0.15) is 10.4 Å². The number of hydrogen-bond donors (Lipinski definition) is 1. The molecule has 0 atom stereocenters. The number of rotatable bonds is 4. The van der Waals surface area contributed by atoms with Gasteiger partial charge in [0.05, 0.1) is 18.9 Å². The van der Waals surface area contributed by atoms with Crippen LogP contribution < -0.4 is 10.5 Å². The minimum absolute atomic E-state index is 0.111. The molecule has 1 aromatic rings. The molecule has 0 saturated heterocycles. The van der Waals surface area contributed by atoms with Crippen molar-refractivity contribution in [1.82, 2.24) is 9.88 Å². The van der Waals surface area contributed by atoms with Gasteiger partial charge in [-0.3, -0.25) is 9.78 Å². The van der Waals surface area contributed by atoms with Crippen LogP contribution in [0, 0.1) is 0 Å². The topological polar surface area (TPSA) is 68.5 Å². The number of hydrogen-bond acceptors (Lipinski definition) is 4. The number of pyridine rings is 1. The van der Waals surface area contributed by atoms with Crippen molar-refractivity contribution in [3.8, 4) is 5.75 Å². The average molecular weight is 209 g/mol. The van der Waals surface area contributed by atoms with Gasteiger partial charge in [-0.25, -0.2) is 0 Å². The molecule has 2 N–H and O–H groups in total. The van der Waals surface area contributed by atoms with Crippen molar-refractivity contribution in [1.29, 1.82) is 0 Å². The molecule has 0 unspecified atom stereocenters. The summed E-state index contributed by atoms with van der Waals surface area (Å²) in [6.45, 7) is 0.958. The van der Waals surface area contributed by atoms with Crippen molar-refractivity contribution < 1.29 is 9.53 Å². The van der Waals surface area contributed by atoms with Crippen molar-refractivity contribution in [2.75, 3.05) is 27.2 Å². The Balaban J connectivity index is 2.90. The lowest BCUT2D eigenvalue weighted by molar-refractivity contribution is 0.0795. The lowest BCUT2D eigenvalue weighted by Gasteiger charge is -2.17. The Kier molecular flexibility index (Phi) is 4.05. The molecule has 1 heterocycles. The van der Waals surface area contributed by atoms with Gasteiger partial charge in [-0.2, -0.15) is 0 Å². The number of likely N-dealkylation sites (N-methyl/N-ethyl adjacent to an activating group) is 1. The van der Waals surface area contributed by atoms with Gasteiger partial charge in [-0.15, -0.1) is 0 Å². The molecule has 0 radical (unpaired) electrons. The van der Waals surface area contributed by atoms with Gasteiger partial charge in [-0.05, 0) is 6.07 Å². The van der Waals surface area contributed by atoms with Crippen molar-refractivity contribution in [2.45, 2.75) is 0 Å². The predicted octanol–water partition coefficient (Wildman–Crippen LogP) is 0.121. The van der Waals surface area contributed by atoms with Crippen LogP contribution in [0.2, 0.25) is 0 Å². The summed E-state index contributed by atoms with van der Waals surface area (Å²) < 4.78 is 5.05. The predicted molar refractivity (Wildman–Crippen MR) is 56.8 cm³/mol. The third-order valence-corrected chi connectivity index (χ3v) is 2.05. The van der Waals surface area contributed by atoms with Gasteiger partial charge < -0.3 is 15.4 Å². The number of nitrogens with two attached hydrogens (primary N) is 1. The molecule has 0 aromatic carbocycles. The highest BCUT2D eigenvalue weighted by Crippen LogP contribution is 2.16. The number of methoxy groups -OCH3 is 1. The summed E-state index contributed by atoms with van der Waals surface area (Å²) in [6, 6.07) is 1.63. The number of amides is 1. The molecule has 1 amide bonds. The normalized spacial score (nSPS) is 9.80. The van der Waals surface area contributed by atoms with Crippen LogP contribution in [0.5, 0.6) is 5.75 Å². The fraction of sp³-hybridized carbons (Fsp3) is 0.400. The standard InChI is InChI=1S/C10H15N3O2/c1-13(6-4-11)10(14)8-3-5-12-7-9(8)15-2/h3,5,7H,4,6,11H2,1-2H3. The maximum Gasteiger partial charge on any atom is 0.257 e. The van der Waals surface area contributed by atoms with Gasteiger partial charge in [-0.1, -0.05) is 0 Å². The highest BCUT2D eigenvalue weighted by atomic mass is 16.5. The fourth-order valence-corrected chi connectivity index (χ4v) is 1.22. The maximum atomic E-state index is 11.9. The summed E-state index contributed by atoms with van der Waals surface area (Å²) in [5, 5.41) is 0. The second-order valence-electron chi connectivity index (χ2n) is 3.09. The number of ether oxygens (including phenoxy) is 1. The van der Waals surface area contributed by atoms with Crippen LogP contribution in [0.4, 0.5) is 0 Å². The zero-order chi connectivity index (χ0) is 11.3. The van der Waals surface area contributed by atoms with Crippen LogP contribution >= 0.6 is 0 Å². The Bertz CT molecular complexity index is 341. The van der Waals surface area contributed by atoms with Crippen molar-refractivity contribution in [2.24, 2.45) is 5.73 Å². The Morgan fingerprint density at radius 3 is 3.00 bits per heavy atom. The van der Waals surface area contributed by atoms with E-state index < -0.39 is 0 Å². The number of carbonyl (C=O) groups excluding carboxylic acids is 1. The molecule has 0 fully saturated rings. The molecule has 1 aromatic heterocycles. The number of carbonyl (C=O) groups is 1. The van der Waals surface area contributed by atoms with Gasteiger partial charge >= 0.3 is 0 Å². The molecule has 1 rings (SSSR count). The third-order valence-electron chi connectivity index (χ3n) is 2.05. The second-order valence-corrected chi connectivity index (χ2v) is 3.09. The first-order valence-electron chi connectivity index (χ1n) is 4.64. The summed E-state index contributed by atoms with van der Waals surface area (Å²) in [4.78, 5) is 17.3. The minimum atomic E-state index is -0.111. The minimum Gasteiger partial charge on any atom is -0.494 e. The zero-order valence-corrected chi connectivity index (χ0v) is 8.93. The van der Waals surface area contributed by atoms with E-state index in [1.165, 1.54) is 13.3 Å². The highest BCUT2D eigenvalue weighted by Gasteiger charge is 2.15. The smallest absolute Gasteiger partial charge is 0.257 e. The van der Waals surface area contributed by atoms with E-state index in [4.69, 9.17) is 10.5 Å². The first-order chi connectivity index (χ1) is 7.20. The van der Waals surface area contributed by atoms with Crippen molar-refractivity contribution >= 4 is 5.91 Å². The first-order valence-corrected chi connectivity index (χ1v) is 4.64. The lowest BCUT2D eigenvalue weighted by Crippen LogP contribution is -2.31. The van der Waals surface area contributed by atoms with Crippen LogP contribution in [0.15, 0.2) is 18.5 Å². The molecule has 0 saturated carbocycles. The zero-order valence-electron chi connectivity index (χ0n) is 8.93. The largest absolute Gasteiger partial charge is 0.494 e. The van der Waals surface area contributed by atoms with Crippen molar-refractivity contribution in [3.63, 3.8) is 0 Å². The molecule has 0 aliphatic rings. The van der Waals surface area contributed by atoms with E-state index in [1.807, 2.05) is 0 Å². The first kappa shape index (κ1) is 11.5. The van der Waals surface area contributed by atoms with Crippen LogP contribution in [-0.4, -0.2) is 43.0 Å². The summed E-state index contributed by atoms with van der Waals surface area (Å²) in [5.41, 5.74) is 5.88. The van der Waals surface area contributed by atoms with Gasteiger partial charge in [0.1, 0.15) is 5.75 Å². The molecule has 15 heavy (non-hydrogen) atoms. The quantitative estimate of drug-likeness (QED) is 0.764. The molecular weight excluding hydrogens is 194 g/mol. The van der Waals surface area contributed by atoms with Gasteiger partial charge in [0.15, 0.2) is 0 Å². The van der Waals surface area contributed by atoms with Gasteiger partial charge in [0.2, 0.25) is 0 Å². The fourth-order valence-electron chi connectivity index (χ4n) is 1.22. The molecule has 5 heteroatoms. The Hall–Kier alpha value is -1.62. The van der Waals surface area contributed by atoms with Crippen LogP contribution in [0.3, 0.4) is 0 Å². The van der Waals surface area contributed by atoms with Crippen LogP contribution in [0.25, 0.3) is 0 Å². The van der Waals surface area contributed by atoms with E-state index in [0.717, 1.165) is 0 Å². The number of nitrogens with zero attached hydrogens (tertiary/aromatic N) is 2. The molecule has 0 spiro atoms. The van der Waals surface area contributed by atoms with E-state index in [-0.39, 0.29) is 5.91 Å². The number of aromatic nitrogens is 1. The maximum absolute atomic E-state index is 11.9. The third kappa shape index (κ3) is 2.66. The molecule has 82 valence electrons. The van der Waals surface area contributed by atoms with Crippen LogP contribution in [-0.2, 0) is 0 Å². The van der Waals surface area contributed by atoms with Gasteiger partial charge in [0.25, 0.3) is 5.91 Å². The SMILES string of the molecule is COc1cnccc1C(=O)N(C)CCN. The van der Waals surface area contributed by atoms with E-state index in [1.54, 1.807) is 24.2 Å². The summed E-state index contributed by atoms with van der Waals surface area (Å²) >= 11 is 0. The lowest BCUT2D eigenvalue weighted by atomic mass is 10.2. The second kappa shape index (κ2) is 5.31. The van der Waals surface area contributed by atoms with E-state index in [2.05, 4.69) is 4.98 Å². The highest BCUT2D eigenvalue weighted by molar-refractivity contribution is 5.96. The summed E-state index contributed by atoms with van der Waals surface area (Å²) in [5.74, 6) is 0.367.